The molecule has 0 aliphatic carbocycles. The molecule has 1 N–H and O–H groups in total. The van der Waals surface area contributed by atoms with Crippen molar-refractivity contribution < 1.29 is 32.6 Å². The van der Waals surface area contributed by atoms with Crippen LogP contribution in [0, 0.1) is 0 Å². The van der Waals surface area contributed by atoms with Crippen molar-refractivity contribution in [2.24, 2.45) is 0 Å². The van der Waals surface area contributed by atoms with Crippen molar-refractivity contribution in [3.8, 4) is 33.9 Å². The molecule has 0 spiro atoms. The number of likely N-dealkylation sites (tertiary alicyclic amines) is 1. The minimum atomic E-state index is -3.13. The van der Waals surface area contributed by atoms with E-state index in [4.69, 9.17) is 14.2 Å². The van der Waals surface area contributed by atoms with E-state index in [2.05, 4.69) is 15.4 Å². The molecule has 0 atom stereocenters. The SMILES string of the molecule is CCNC(=O)c1c(OC)cc(-c2cnc3cc(-c4cnn(C5CCN(C(=O)OC(C)(C)C)CC5)c4)ccn23)cc1OC(F)F. The van der Waals surface area contributed by atoms with Gasteiger partial charge in [0.25, 0.3) is 5.91 Å². The predicted molar refractivity (Wildman–Crippen MR) is 159 cm³/mol. The molecule has 1 aliphatic rings. The summed E-state index contributed by atoms with van der Waals surface area (Å²) in [4.78, 5) is 31.3. The Labute approximate surface area is 253 Å². The topological polar surface area (TPSA) is 112 Å². The molecule has 44 heavy (non-hydrogen) atoms. The number of nitrogens with zero attached hydrogens (tertiary/aromatic N) is 5. The van der Waals surface area contributed by atoms with Crippen molar-refractivity contribution in [1.82, 2.24) is 29.4 Å². The van der Waals surface area contributed by atoms with E-state index in [0.29, 0.717) is 36.5 Å². The number of ether oxygens (including phenoxy) is 3. The highest BCUT2D eigenvalue weighted by atomic mass is 19.3. The van der Waals surface area contributed by atoms with E-state index in [1.165, 1.54) is 13.2 Å². The number of methoxy groups -OCH3 is 1. The van der Waals surface area contributed by atoms with Crippen molar-refractivity contribution >= 4 is 17.6 Å². The Morgan fingerprint density at radius 2 is 1.80 bits per heavy atom. The molecule has 0 saturated carbocycles. The predicted octanol–water partition coefficient (Wildman–Crippen LogP) is 5.80. The van der Waals surface area contributed by atoms with Crippen molar-refractivity contribution in [1.29, 1.82) is 0 Å². The fourth-order valence-electron chi connectivity index (χ4n) is 5.26. The summed E-state index contributed by atoms with van der Waals surface area (Å²) >= 11 is 0. The maximum Gasteiger partial charge on any atom is 0.410 e. The minimum Gasteiger partial charge on any atom is -0.496 e. The van der Waals surface area contributed by atoms with Crippen molar-refractivity contribution in [2.45, 2.75) is 58.8 Å². The molecular weight excluding hydrogens is 574 g/mol. The number of nitrogens with one attached hydrogen (secondary N) is 1. The Kier molecular flexibility index (Phi) is 8.75. The molecule has 0 bridgehead atoms. The van der Waals surface area contributed by atoms with Crippen LogP contribution < -0.4 is 14.8 Å². The van der Waals surface area contributed by atoms with Crippen LogP contribution in [-0.2, 0) is 4.74 Å². The van der Waals surface area contributed by atoms with Crippen LogP contribution in [-0.4, -0.2) is 75.0 Å². The van der Waals surface area contributed by atoms with E-state index >= 15 is 0 Å². The second-order valence-electron chi connectivity index (χ2n) is 11.5. The van der Waals surface area contributed by atoms with Crippen LogP contribution in [0.4, 0.5) is 13.6 Å². The van der Waals surface area contributed by atoms with Gasteiger partial charge >= 0.3 is 12.7 Å². The quantitative estimate of drug-likeness (QED) is 0.269. The monoisotopic (exact) mass is 610 g/mol. The molecule has 0 unspecified atom stereocenters. The normalized spacial score (nSPS) is 14.2. The number of benzene rings is 1. The first-order valence-electron chi connectivity index (χ1n) is 14.4. The van der Waals surface area contributed by atoms with Gasteiger partial charge in [-0.2, -0.15) is 13.9 Å². The van der Waals surface area contributed by atoms with E-state index in [1.807, 2.05) is 54.4 Å². The maximum absolute atomic E-state index is 13.3. The number of amides is 2. The first kappa shape index (κ1) is 30.8. The number of halogens is 2. The number of carbonyl (C=O) groups is 2. The van der Waals surface area contributed by atoms with Gasteiger partial charge in [0.15, 0.2) is 0 Å². The zero-order chi connectivity index (χ0) is 31.6. The molecule has 1 fully saturated rings. The highest BCUT2D eigenvalue weighted by Gasteiger charge is 2.28. The summed E-state index contributed by atoms with van der Waals surface area (Å²) in [6, 6.07) is 6.97. The molecule has 2 amide bonds. The Morgan fingerprint density at radius 1 is 1.07 bits per heavy atom. The summed E-state index contributed by atoms with van der Waals surface area (Å²) in [6.45, 7) is 5.66. The van der Waals surface area contributed by atoms with Crippen LogP contribution in [0.5, 0.6) is 11.5 Å². The number of hydrogen-bond donors (Lipinski definition) is 1. The lowest BCUT2D eigenvalue weighted by Gasteiger charge is -2.33. The zero-order valence-corrected chi connectivity index (χ0v) is 25.3. The smallest absolute Gasteiger partial charge is 0.410 e. The first-order chi connectivity index (χ1) is 21.0. The summed E-state index contributed by atoms with van der Waals surface area (Å²) in [5, 5.41) is 7.20. The molecule has 1 aromatic carbocycles. The van der Waals surface area contributed by atoms with Crippen molar-refractivity contribution in [3.63, 3.8) is 0 Å². The number of pyridine rings is 1. The molecule has 1 aliphatic heterocycles. The van der Waals surface area contributed by atoms with Gasteiger partial charge in [0.05, 0.1) is 31.2 Å². The van der Waals surface area contributed by atoms with E-state index in [1.54, 1.807) is 30.3 Å². The van der Waals surface area contributed by atoms with Gasteiger partial charge in [-0.25, -0.2) is 9.78 Å². The van der Waals surface area contributed by atoms with Crippen LogP contribution >= 0.6 is 0 Å². The van der Waals surface area contributed by atoms with Crippen LogP contribution in [0.3, 0.4) is 0 Å². The van der Waals surface area contributed by atoms with E-state index in [0.717, 1.165) is 24.0 Å². The Balaban J connectivity index is 1.37. The van der Waals surface area contributed by atoms with Crippen LogP contribution in [0.2, 0.25) is 0 Å². The van der Waals surface area contributed by atoms with E-state index in [-0.39, 0.29) is 29.2 Å². The molecule has 5 rings (SSSR count). The largest absolute Gasteiger partial charge is 0.496 e. The number of fused-ring (bicyclic) bond motifs is 1. The van der Waals surface area contributed by atoms with Gasteiger partial charge in [0.2, 0.25) is 0 Å². The standard InChI is InChI=1S/C31H36F2N6O5/c1-6-34-28(40)27-24(42-5)13-20(14-25(27)43-29(32)33)23-17-35-26-15-19(7-12-38(23)26)21-16-36-39(18-21)22-8-10-37(11-9-22)30(41)44-31(2,3)4/h7,12-18,22,29H,6,8-11H2,1-5H3,(H,34,40). The van der Waals surface area contributed by atoms with Crippen LogP contribution in [0.1, 0.15) is 56.9 Å². The molecule has 13 heteroatoms. The fourth-order valence-corrected chi connectivity index (χ4v) is 5.26. The van der Waals surface area contributed by atoms with Gasteiger partial charge in [-0.05, 0) is 70.4 Å². The first-order valence-corrected chi connectivity index (χ1v) is 14.4. The summed E-state index contributed by atoms with van der Waals surface area (Å²) in [6.07, 6.45) is 8.48. The third-order valence-corrected chi connectivity index (χ3v) is 7.30. The van der Waals surface area contributed by atoms with E-state index < -0.39 is 18.1 Å². The molecule has 3 aromatic heterocycles. The number of rotatable bonds is 8. The second-order valence-corrected chi connectivity index (χ2v) is 11.5. The lowest BCUT2D eigenvalue weighted by atomic mass is 10.1. The van der Waals surface area contributed by atoms with Gasteiger partial charge in [-0.1, -0.05) is 0 Å². The van der Waals surface area contributed by atoms with Gasteiger partial charge in [-0.3, -0.25) is 13.9 Å². The van der Waals surface area contributed by atoms with Gasteiger partial charge in [-0.15, -0.1) is 0 Å². The molecule has 0 radical (unpaired) electrons. The van der Waals surface area contributed by atoms with Crippen molar-refractivity contribution in [2.75, 3.05) is 26.7 Å². The third-order valence-electron chi connectivity index (χ3n) is 7.30. The molecule has 4 heterocycles. The number of piperidine rings is 1. The minimum absolute atomic E-state index is 0.0972. The van der Waals surface area contributed by atoms with E-state index in [9.17, 15) is 18.4 Å². The van der Waals surface area contributed by atoms with Gasteiger partial charge in [0.1, 0.15) is 28.3 Å². The number of imidazole rings is 1. The third kappa shape index (κ3) is 6.61. The summed E-state index contributed by atoms with van der Waals surface area (Å²) in [5.74, 6) is -0.778. The lowest BCUT2D eigenvalue weighted by molar-refractivity contribution is -0.0502. The highest BCUT2D eigenvalue weighted by molar-refractivity contribution is 6.00. The van der Waals surface area contributed by atoms with Crippen molar-refractivity contribution in [3.05, 3.63) is 54.6 Å². The maximum atomic E-state index is 13.3. The summed E-state index contributed by atoms with van der Waals surface area (Å²) in [7, 11) is 1.36. The fraction of sp³-hybridized carbons (Fsp3) is 0.419. The summed E-state index contributed by atoms with van der Waals surface area (Å²) < 4.78 is 46.0. The molecule has 11 nitrogen and oxygen atoms in total. The number of alkyl halides is 2. The Morgan fingerprint density at radius 3 is 2.45 bits per heavy atom. The zero-order valence-electron chi connectivity index (χ0n) is 25.3. The lowest BCUT2D eigenvalue weighted by Crippen LogP contribution is -2.42. The van der Waals surface area contributed by atoms with Crippen LogP contribution in [0.15, 0.2) is 49.1 Å². The van der Waals surface area contributed by atoms with Gasteiger partial charge in [0, 0.05) is 43.2 Å². The number of hydrogen-bond acceptors (Lipinski definition) is 7. The summed E-state index contributed by atoms with van der Waals surface area (Å²) in [5.41, 5.74) is 2.87. The average molecular weight is 611 g/mol. The Bertz CT molecular complexity index is 1650. The molecule has 1 saturated heterocycles. The highest BCUT2D eigenvalue weighted by Crippen LogP contribution is 2.37. The number of aromatic nitrogens is 4. The molecule has 234 valence electrons. The Hall–Kier alpha value is -4.68. The molecular formula is C31H36F2N6O5. The second kappa shape index (κ2) is 12.5. The molecule has 4 aromatic rings. The van der Waals surface area contributed by atoms with Crippen LogP contribution in [0.25, 0.3) is 28.0 Å². The van der Waals surface area contributed by atoms with Gasteiger partial charge < -0.3 is 24.4 Å². The average Bonchev–Trinajstić information content (AvgIpc) is 3.63. The number of carbonyl (C=O) groups excluding carboxylic acids is 2.